The van der Waals surface area contributed by atoms with E-state index in [-0.39, 0.29) is 5.84 Å². The van der Waals surface area contributed by atoms with Crippen LogP contribution >= 0.6 is 0 Å². The summed E-state index contributed by atoms with van der Waals surface area (Å²) in [5, 5.41) is 12.9. The molecule has 2 aromatic carbocycles. The van der Waals surface area contributed by atoms with Gasteiger partial charge in [0.1, 0.15) is 5.84 Å². The van der Waals surface area contributed by atoms with Gasteiger partial charge in [0.2, 0.25) is 0 Å². The third-order valence-corrected chi connectivity index (χ3v) is 3.14. The summed E-state index contributed by atoms with van der Waals surface area (Å²) in [6.45, 7) is 3.90. The molecule has 6 N–H and O–H groups in total. The number of amidine groups is 2. The standard InChI is InChI=1S/C16H19N5O/c1-10-4-3-5-12(6-10)16(21-22)19-14-8-11(2)7-13(9-14)15(17)20-18/h3-9,22H,18H2,1-2H3,(H2,17,20)(H,19,21). The molecule has 0 saturated heterocycles. The third-order valence-electron chi connectivity index (χ3n) is 3.14. The van der Waals surface area contributed by atoms with Gasteiger partial charge < -0.3 is 11.6 Å². The van der Waals surface area contributed by atoms with E-state index in [2.05, 4.69) is 15.6 Å². The fraction of sp³-hybridized carbons (Fsp3) is 0.125. The molecule has 2 aromatic rings. The van der Waals surface area contributed by atoms with E-state index in [4.69, 9.17) is 11.6 Å². The molecule has 0 spiro atoms. The summed E-state index contributed by atoms with van der Waals surface area (Å²) in [5.74, 6) is 5.80. The number of nitrogens with two attached hydrogens (primary N) is 2. The molecule has 0 aliphatic rings. The van der Waals surface area contributed by atoms with Crippen molar-refractivity contribution in [1.82, 2.24) is 5.48 Å². The van der Waals surface area contributed by atoms with Crippen molar-refractivity contribution in [3.8, 4) is 0 Å². The van der Waals surface area contributed by atoms with Crippen LogP contribution in [0.1, 0.15) is 22.3 Å². The summed E-state index contributed by atoms with van der Waals surface area (Å²) < 4.78 is 0. The number of nitrogens with one attached hydrogen (secondary N) is 1. The quantitative estimate of drug-likeness (QED) is 0.300. The van der Waals surface area contributed by atoms with Crippen LogP contribution < -0.4 is 17.1 Å². The second-order valence-corrected chi connectivity index (χ2v) is 5.01. The average Bonchev–Trinajstić information content (AvgIpc) is 2.51. The van der Waals surface area contributed by atoms with E-state index in [1.54, 1.807) is 6.07 Å². The normalized spacial score (nSPS) is 12.3. The van der Waals surface area contributed by atoms with E-state index in [0.29, 0.717) is 17.1 Å². The van der Waals surface area contributed by atoms with Crippen LogP contribution in [0.25, 0.3) is 0 Å². The second-order valence-electron chi connectivity index (χ2n) is 5.01. The minimum atomic E-state index is 0.231. The Morgan fingerprint density at radius 2 is 1.77 bits per heavy atom. The monoisotopic (exact) mass is 297 g/mol. The predicted molar refractivity (Wildman–Crippen MR) is 88.4 cm³/mol. The number of aryl methyl sites for hydroxylation is 2. The van der Waals surface area contributed by atoms with Crippen LogP contribution in [0.5, 0.6) is 0 Å². The molecule has 114 valence electrons. The van der Waals surface area contributed by atoms with Gasteiger partial charge in [0.25, 0.3) is 0 Å². The van der Waals surface area contributed by atoms with E-state index >= 15 is 0 Å². The molecular formula is C16H19N5O. The van der Waals surface area contributed by atoms with Crippen molar-refractivity contribution >= 4 is 17.4 Å². The summed E-state index contributed by atoms with van der Waals surface area (Å²) in [7, 11) is 0. The van der Waals surface area contributed by atoms with Gasteiger partial charge in [-0.2, -0.15) is 5.10 Å². The molecule has 0 aliphatic carbocycles. The SMILES string of the molecule is Cc1cc(N=C(NO)c2cccc(C)c2)cc(C(N)=NN)c1. The number of benzene rings is 2. The van der Waals surface area contributed by atoms with Crippen molar-refractivity contribution in [3.63, 3.8) is 0 Å². The Morgan fingerprint density at radius 1 is 1.05 bits per heavy atom. The molecule has 6 heteroatoms. The minimum Gasteiger partial charge on any atom is -0.382 e. The lowest BCUT2D eigenvalue weighted by Gasteiger charge is -2.08. The van der Waals surface area contributed by atoms with E-state index in [9.17, 15) is 5.21 Å². The highest BCUT2D eigenvalue weighted by Crippen LogP contribution is 2.19. The lowest BCUT2D eigenvalue weighted by atomic mass is 10.1. The molecule has 0 unspecified atom stereocenters. The minimum absolute atomic E-state index is 0.231. The molecule has 0 atom stereocenters. The maximum Gasteiger partial charge on any atom is 0.157 e. The predicted octanol–water partition coefficient (Wildman–Crippen LogP) is 1.94. The first-order valence-corrected chi connectivity index (χ1v) is 6.74. The zero-order valence-corrected chi connectivity index (χ0v) is 12.5. The molecule has 0 radical (unpaired) electrons. The molecule has 0 heterocycles. The molecule has 0 bridgehead atoms. The van der Waals surface area contributed by atoms with Crippen LogP contribution in [0.2, 0.25) is 0 Å². The Balaban J connectivity index is 2.48. The highest BCUT2D eigenvalue weighted by atomic mass is 16.5. The van der Waals surface area contributed by atoms with Crippen LogP contribution in [-0.2, 0) is 0 Å². The number of rotatable bonds is 3. The van der Waals surface area contributed by atoms with Crippen molar-refractivity contribution in [3.05, 3.63) is 64.7 Å². The summed E-state index contributed by atoms with van der Waals surface area (Å²) in [6.07, 6.45) is 0. The summed E-state index contributed by atoms with van der Waals surface area (Å²) in [4.78, 5) is 4.43. The first-order chi connectivity index (χ1) is 10.5. The van der Waals surface area contributed by atoms with E-state index in [1.165, 1.54) is 0 Å². The van der Waals surface area contributed by atoms with Gasteiger partial charge >= 0.3 is 0 Å². The first kappa shape index (κ1) is 15.5. The van der Waals surface area contributed by atoms with Crippen molar-refractivity contribution in [2.75, 3.05) is 0 Å². The van der Waals surface area contributed by atoms with Gasteiger partial charge in [-0.1, -0.05) is 23.8 Å². The summed E-state index contributed by atoms with van der Waals surface area (Å²) in [6, 6.07) is 13.2. The number of hydrogen-bond donors (Lipinski definition) is 4. The van der Waals surface area contributed by atoms with E-state index in [1.807, 2.05) is 50.2 Å². The van der Waals surface area contributed by atoms with Gasteiger partial charge in [0.05, 0.1) is 5.69 Å². The van der Waals surface area contributed by atoms with Crippen LogP contribution in [0.3, 0.4) is 0 Å². The van der Waals surface area contributed by atoms with E-state index in [0.717, 1.165) is 16.7 Å². The lowest BCUT2D eigenvalue weighted by molar-refractivity contribution is 0.235. The Morgan fingerprint density at radius 3 is 2.41 bits per heavy atom. The fourth-order valence-corrected chi connectivity index (χ4v) is 2.13. The number of hydrogen-bond acceptors (Lipinski definition) is 4. The first-order valence-electron chi connectivity index (χ1n) is 6.74. The maximum absolute atomic E-state index is 9.38. The second kappa shape index (κ2) is 6.73. The molecule has 0 amide bonds. The van der Waals surface area contributed by atoms with Gasteiger partial charge in [-0.05, 0) is 43.7 Å². The molecule has 2 rings (SSSR count). The van der Waals surface area contributed by atoms with Gasteiger partial charge in [-0.25, -0.2) is 4.99 Å². The van der Waals surface area contributed by atoms with Crippen LogP contribution in [0.4, 0.5) is 5.69 Å². The van der Waals surface area contributed by atoms with Gasteiger partial charge in [-0.3, -0.25) is 10.7 Å². The zero-order valence-electron chi connectivity index (χ0n) is 12.5. The Labute approximate surface area is 129 Å². The van der Waals surface area contributed by atoms with Crippen molar-refractivity contribution in [1.29, 1.82) is 0 Å². The Kier molecular flexibility index (Phi) is 4.75. The third kappa shape index (κ3) is 3.62. The molecule has 22 heavy (non-hydrogen) atoms. The molecule has 0 aromatic heterocycles. The van der Waals surface area contributed by atoms with Crippen molar-refractivity contribution in [2.24, 2.45) is 21.7 Å². The van der Waals surface area contributed by atoms with Crippen molar-refractivity contribution < 1.29 is 5.21 Å². The molecular weight excluding hydrogens is 278 g/mol. The largest absolute Gasteiger partial charge is 0.382 e. The number of hydroxylamine groups is 1. The van der Waals surface area contributed by atoms with Gasteiger partial charge in [-0.15, -0.1) is 0 Å². The molecule has 0 fully saturated rings. The average molecular weight is 297 g/mol. The topological polar surface area (TPSA) is 109 Å². The fourth-order valence-electron chi connectivity index (χ4n) is 2.13. The Bertz CT molecular complexity index is 737. The van der Waals surface area contributed by atoms with Crippen molar-refractivity contribution in [2.45, 2.75) is 13.8 Å². The maximum atomic E-state index is 9.38. The van der Waals surface area contributed by atoms with Gasteiger partial charge in [0.15, 0.2) is 5.84 Å². The number of nitrogens with zero attached hydrogens (tertiary/aromatic N) is 2. The number of aliphatic imine (C=N–C) groups is 1. The highest BCUT2D eigenvalue weighted by Gasteiger charge is 2.06. The van der Waals surface area contributed by atoms with E-state index < -0.39 is 0 Å². The van der Waals surface area contributed by atoms with Crippen LogP contribution in [0.15, 0.2) is 52.6 Å². The number of hydrazone groups is 1. The highest BCUT2D eigenvalue weighted by molar-refractivity contribution is 6.01. The smallest absolute Gasteiger partial charge is 0.157 e. The summed E-state index contributed by atoms with van der Waals surface area (Å²) >= 11 is 0. The van der Waals surface area contributed by atoms with Crippen LogP contribution in [-0.4, -0.2) is 16.9 Å². The van der Waals surface area contributed by atoms with Gasteiger partial charge in [0, 0.05) is 11.1 Å². The zero-order chi connectivity index (χ0) is 16.1. The Hall–Kier alpha value is -2.86. The molecule has 6 nitrogen and oxygen atoms in total. The molecule has 0 aliphatic heterocycles. The summed E-state index contributed by atoms with van der Waals surface area (Å²) in [5.41, 5.74) is 12.0. The van der Waals surface area contributed by atoms with Crippen LogP contribution in [0, 0.1) is 13.8 Å². The molecule has 0 saturated carbocycles. The lowest BCUT2D eigenvalue weighted by Crippen LogP contribution is -2.20.